The topological polar surface area (TPSA) is 55.9 Å². The molecule has 3 heterocycles. The first kappa shape index (κ1) is 17.8. The molecule has 3 amide bonds. The van der Waals surface area contributed by atoms with Crippen LogP contribution in [-0.4, -0.2) is 66.5 Å². The highest BCUT2D eigenvalue weighted by Crippen LogP contribution is 2.34. The molecule has 3 fully saturated rings. The zero-order chi connectivity index (χ0) is 18.1. The van der Waals surface area contributed by atoms with E-state index in [4.69, 9.17) is 0 Å². The van der Waals surface area contributed by atoms with Crippen molar-refractivity contribution in [2.24, 2.45) is 0 Å². The van der Waals surface area contributed by atoms with Gasteiger partial charge >= 0.3 is 6.03 Å². The summed E-state index contributed by atoms with van der Waals surface area (Å²) in [5.41, 5.74) is 0.845. The number of rotatable bonds is 2. The number of hydrogen-bond acceptors (Lipinski definition) is 4. The van der Waals surface area contributed by atoms with Gasteiger partial charge in [0.25, 0.3) is 0 Å². The Bertz CT molecular complexity index is 659. The first-order chi connectivity index (χ1) is 12.6. The van der Waals surface area contributed by atoms with Crippen molar-refractivity contribution in [3.63, 3.8) is 0 Å². The molecule has 1 spiro atoms. The molecule has 1 N–H and O–H groups in total. The van der Waals surface area contributed by atoms with Crippen LogP contribution < -0.4 is 10.2 Å². The number of anilines is 1. The summed E-state index contributed by atoms with van der Waals surface area (Å²) in [7, 11) is 2.02. The van der Waals surface area contributed by atoms with Crippen molar-refractivity contribution in [2.45, 2.75) is 50.1 Å². The number of piperazine rings is 1. The Morgan fingerprint density at radius 1 is 1.27 bits per heavy atom. The Kier molecular flexibility index (Phi) is 4.92. The first-order valence-electron chi connectivity index (χ1n) is 9.67. The fourth-order valence-electron chi connectivity index (χ4n) is 4.59. The maximum absolute atomic E-state index is 12.7. The van der Waals surface area contributed by atoms with Crippen molar-refractivity contribution in [2.75, 3.05) is 38.1 Å². The van der Waals surface area contributed by atoms with E-state index in [9.17, 15) is 9.59 Å². The highest BCUT2D eigenvalue weighted by molar-refractivity contribution is 7.08. The predicted molar refractivity (Wildman–Crippen MR) is 104 cm³/mol. The normalized spacial score (nSPS) is 28.1. The second-order valence-electron chi connectivity index (χ2n) is 8.00. The van der Waals surface area contributed by atoms with Gasteiger partial charge in [-0.05, 0) is 37.8 Å². The van der Waals surface area contributed by atoms with Crippen LogP contribution in [0, 0.1) is 0 Å². The van der Waals surface area contributed by atoms with E-state index in [1.165, 1.54) is 19.3 Å². The highest BCUT2D eigenvalue weighted by atomic mass is 32.1. The average molecular weight is 377 g/mol. The quantitative estimate of drug-likeness (QED) is 0.863. The maximum atomic E-state index is 12.7. The van der Waals surface area contributed by atoms with Crippen molar-refractivity contribution in [3.8, 4) is 0 Å². The minimum atomic E-state index is -0.139. The first-order valence-corrected chi connectivity index (χ1v) is 10.6. The Morgan fingerprint density at radius 3 is 2.81 bits per heavy atom. The summed E-state index contributed by atoms with van der Waals surface area (Å²) in [6, 6.07) is 2.41. The van der Waals surface area contributed by atoms with Crippen LogP contribution in [0.3, 0.4) is 0 Å². The standard InChI is InChI=1S/C19H28N4O2S/c1-21-11-17(24)23(16-7-10-26-12-16)14-19(21)8-9-22(13-19)18(25)20-15-5-3-2-4-6-15/h7,10,12,15H,2-6,8-9,11,13-14H2,1H3,(H,20,25)/t19-/m0/s1. The van der Waals surface area contributed by atoms with Crippen molar-refractivity contribution >= 4 is 29.0 Å². The summed E-state index contributed by atoms with van der Waals surface area (Å²) in [5, 5.41) is 7.27. The molecule has 1 saturated carbocycles. The number of urea groups is 1. The fourth-order valence-corrected chi connectivity index (χ4v) is 5.23. The molecule has 1 aromatic rings. The average Bonchev–Trinajstić information content (AvgIpc) is 3.30. The van der Waals surface area contributed by atoms with Crippen LogP contribution >= 0.6 is 11.3 Å². The molecule has 142 valence electrons. The third-order valence-electron chi connectivity index (χ3n) is 6.31. The van der Waals surface area contributed by atoms with Gasteiger partial charge in [0.05, 0.1) is 17.8 Å². The number of nitrogens with one attached hydrogen (secondary N) is 1. The van der Waals surface area contributed by atoms with Crippen LogP contribution in [0.15, 0.2) is 16.8 Å². The van der Waals surface area contributed by atoms with Crippen LogP contribution in [0.5, 0.6) is 0 Å². The zero-order valence-corrected chi connectivity index (χ0v) is 16.3. The summed E-state index contributed by atoms with van der Waals surface area (Å²) in [5.74, 6) is 0.140. The van der Waals surface area contributed by atoms with Gasteiger partial charge in [-0.15, -0.1) is 0 Å². The number of likely N-dealkylation sites (N-methyl/N-ethyl adjacent to an activating group) is 1. The van der Waals surface area contributed by atoms with E-state index in [0.717, 1.165) is 31.5 Å². The minimum absolute atomic E-state index is 0.0705. The van der Waals surface area contributed by atoms with Crippen LogP contribution in [0.25, 0.3) is 0 Å². The number of thiophene rings is 1. The summed E-state index contributed by atoms with van der Waals surface area (Å²) in [6.07, 6.45) is 6.84. The van der Waals surface area contributed by atoms with Gasteiger partial charge in [0.15, 0.2) is 0 Å². The van der Waals surface area contributed by atoms with Crippen molar-refractivity contribution < 1.29 is 9.59 Å². The number of nitrogens with zero attached hydrogens (tertiary/aromatic N) is 3. The Labute approximate surface area is 159 Å². The van der Waals surface area contributed by atoms with Gasteiger partial charge < -0.3 is 15.1 Å². The number of carbonyl (C=O) groups excluding carboxylic acids is 2. The van der Waals surface area contributed by atoms with E-state index >= 15 is 0 Å². The molecule has 2 saturated heterocycles. The van der Waals surface area contributed by atoms with Gasteiger partial charge in [0.2, 0.25) is 5.91 Å². The molecule has 3 aliphatic rings. The van der Waals surface area contributed by atoms with E-state index in [1.54, 1.807) is 11.3 Å². The van der Waals surface area contributed by atoms with E-state index in [0.29, 0.717) is 25.7 Å². The minimum Gasteiger partial charge on any atom is -0.335 e. The summed E-state index contributed by atoms with van der Waals surface area (Å²) in [4.78, 5) is 31.3. The van der Waals surface area contributed by atoms with E-state index in [-0.39, 0.29) is 17.5 Å². The van der Waals surface area contributed by atoms with Crippen LogP contribution in [-0.2, 0) is 4.79 Å². The lowest BCUT2D eigenvalue weighted by atomic mass is 9.93. The second-order valence-corrected chi connectivity index (χ2v) is 8.78. The second kappa shape index (κ2) is 7.19. The number of carbonyl (C=O) groups is 2. The van der Waals surface area contributed by atoms with Gasteiger partial charge in [0.1, 0.15) is 0 Å². The molecule has 0 unspecified atom stereocenters. The summed E-state index contributed by atoms with van der Waals surface area (Å²) >= 11 is 1.61. The molecular formula is C19H28N4O2S. The molecule has 0 aromatic carbocycles. The molecule has 1 aliphatic carbocycles. The van der Waals surface area contributed by atoms with E-state index < -0.39 is 0 Å². The van der Waals surface area contributed by atoms with Crippen molar-refractivity contribution in [1.82, 2.24) is 15.1 Å². The van der Waals surface area contributed by atoms with Gasteiger partial charge in [-0.25, -0.2) is 4.79 Å². The van der Waals surface area contributed by atoms with Gasteiger partial charge in [0, 0.05) is 31.1 Å². The molecular weight excluding hydrogens is 348 g/mol. The third-order valence-corrected chi connectivity index (χ3v) is 6.98. The van der Waals surface area contributed by atoms with Gasteiger partial charge in [-0.1, -0.05) is 19.3 Å². The van der Waals surface area contributed by atoms with Crippen LogP contribution in [0.4, 0.5) is 10.5 Å². The summed E-state index contributed by atoms with van der Waals surface area (Å²) < 4.78 is 0. The van der Waals surface area contributed by atoms with Crippen molar-refractivity contribution in [3.05, 3.63) is 16.8 Å². The Hall–Kier alpha value is -1.60. The monoisotopic (exact) mass is 376 g/mol. The van der Waals surface area contributed by atoms with Gasteiger partial charge in [-0.3, -0.25) is 9.69 Å². The van der Waals surface area contributed by atoms with Crippen LogP contribution in [0.2, 0.25) is 0 Å². The molecule has 2 aliphatic heterocycles. The molecule has 7 heteroatoms. The molecule has 4 rings (SSSR count). The van der Waals surface area contributed by atoms with Crippen molar-refractivity contribution in [1.29, 1.82) is 0 Å². The molecule has 0 bridgehead atoms. The summed E-state index contributed by atoms with van der Waals surface area (Å²) in [6.45, 7) is 2.52. The molecule has 6 nitrogen and oxygen atoms in total. The predicted octanol–water partition coefficient (Wildman–Crippen LogP) is 2.51. The molecule has 1 atom stereocenters. The SMILES string of the molecule is CN1CC(=O)N(c2ccsc2)C[C@@]12CCN(C(=O)NC1CCCCC1)C2. The molecule has 26 heavy (non-hydrogen) atoms. The Balaban J connectivity index is 1.43. The Morgan fingerprint density at radius 2 is 2.08 bits per heavy atom. The lowest BCUT2D eigenvalue weighted by Crippen LogP contribution is -2.64. The molecule has 1 aromatic heterocycles. The number of likely N-dealkylation sites (tertiary alicyclic amines) is 1. The highest BCUT2D eigenvalue weighted by Gasteiger charge is 2.48. The third kappa shape index (κ3) is 3.34. The molecule has 0 radical (unpaired) electrons. The smallest absolute Gasteiger partial charge is 0.317 e. The largest absolute Gasteiger partial charge is 0.335 e. The fraction of sp³-hybridized carbons (Fsp3) is 0.684. The lowest BCUT2D eigenvalue weighted by Gasteiger charge is -2.46. The van der Waals surface area contributed by atoms with Crippen LogP contribution in [0.1, 0.15) is 38.5 Å². The van der Waals surface area contributed by atoms with E-state index in [1.807, 2.05) is 33.7 Å². The lowest BCUT2D eigenvalue weighted by molar-refractivity contribution is -0.123. The van der Waals surface area contributed by atoms with Gasteiger partial charge in [-0.2, -0.15) is 11.3 Å². The maximum Gasteiger partial charge on any atom is 0.317 e. The number of amides is 3. The number of hydrogen-bond donors (Lipinski definition) is 1. The zero-order valence-electron chi connectivity index (χ0n) is 15.4. The van der Waals surface area contributed by atoms with E-state index in [2.05, 4.69) is 10.2 Å².